The van der Waals surface area contributed by atoms with Crippen molar-refractivity contribution in [2.75, 3.05) is 5.32 Å². The molecule has 110 valence electrons. The molecule has 1 aromatic carbocycles. The molecule has 0 spiro atoms. The maximum Gasteiger partial charge on any atom is 0.422 e. The molecular formula is C10H8ClF3N2O4. The van der Waals surface area contributed by atoms with Gasteiger partial charge in [-0.25, -0.2) is 4.79 Å². The van der Waals surface area contributed by atoms with Gasteiger partial charge in [0, 0.05) is 0 Å². The van der Waals surface area contributed by atoms with Gasteiger partial charge in [-0.3, -0.25) is 10.1 Å². The number of aliphatic carboxylic acids is 1. The number of rotatable bonds is 4. The number of para-hydroxylation sites is 1. The topological polar surface area (TPSA) is 92.5 Å². The molecule has 0 aliphatic heterocycles. The molecule has 0 fully saturated rings. The number of halogens is 4. The van der Waals surface area contributed by atoms with E-state index in [0.717, 1.165) is 18.2 Å². The number of hydrogen-bond acceptors (Lipinski definition) is 4. The zero-order valence-corrected chi connectivity index (χ0v) is 10.6. The second-order valence-electron chi connectivity index (χ2n) is 3.95. The molecule has 0 radical (unpaired) electrons. The summed E-state index contributed by atoms with van der Waals surface area (Å²) in [5, 5.41) is 20.8. The number of nitro benzene ring substituents is 1. The van der Waals surface area contributed by atoms with Gasteiger partial charge in [0.2, 0.25) is 5.54 Å². The first-order chi connectivity index (χ1) is 9.00. The number of hydrogen-bond donors (Lipinski definition) is 2. The molecule has 1 atom stereocenters. The number of benzene rings is 1. The summed E-state index contributed by atoms with van der Waals surface area (Å²) >= 11 is 5.54. The molecule has 0 heterocycles. The summed E-state index contributed by atoms with van der Waals surface area (Å²) in [5.74, 6) is -2.22. The van der Waals surface area contributed by atoms with E-state index >= 15 is 0 Å². The summed E-state index contributed by atoms with van der Waals surface area (Å²) in [6, 6.07) is 3.21. The molecule has 0 aliphatic rings. The molecule has 10 heteroatoms. The molecule has 0 aliphatic carbocycles. The van der Waals surface area contributed by atoms with Gasteiger partial charge < -0.3 is 10.4 Å². The first-order valence-electron chi connectivity index (χ1n) is 5.02. The minimum Gasteiger partial charge on any atom is -0.479 e. The molecule has 0 bridgehead atoms. The van der Waals surface area contributed by atoms with Crippen molar-refractivity contribution in [2.45, 2.75) is 18.6 Å². The van der Waals surface area contributed by atoms with Crippen LogP contribution < -0.4 is 5.32 Å². The lowest BCUT2D eigenvalue weighted by Gasteiger charge is -2.29. The Kier molecular flexibility index (Phi) is 4.13. The second-order valence-corrected chi connectivity index (χ2v) is 4.35. The van der Waals surface area contributed by atoms with Crippen LogP contribution >= 0.6 is 11.6 Å². The van der Waals surface area contributed by atoms with E-state index in [4.69, 9.17) is 16.7 Å². The molecule has 20 heavy (non-hydrogen) atoms. The van der Waals surface area contributed by atoms with E-state index in [1.54, 1.807) is 5.32 Å². The number of nitrogens with one attached hydrogen (secondary N) is 1. The third kappa shape index (κ3) is 2.77. The van der Waals surface area contributed by atoms with Crippen LogP contribution in [0, 0.1) is 10.1 Å². The van der Waals surface area contributed by atoms with Gasteiger partial charge in [-0.2, -0.15) is 13.2 Å². The third-order valence-electron chi connectivity index (χ3n) is 2.55. The fourth-order valence-corrected chi connectivity index (χ4v) is 1.56. The molecule has 1 aromatic rings. The lowest BCUT2D eigenvalue weighted by molar-refractivity contribution is -0.383. The van der Waals surface area contributed by atoms with Gasteiger partial charge in [0.25, 0.3) is 0 Å². The molecular weight excluding hydrogens is 305 g/mol. The van der Waals surface area contributed by atoms with Gasteiger partial charge in [-0.05, 0) is 19.1 Å². The average molecular weight is 313 g/mol. The Morgan fingerprint density at radius 2 is 2.00 bits per heavy atom. The summed E-state index contributed by atoms with van der Waals surface area (Å²) in [6.45, 7) is 0.361. The van der Waals surface area contributed by atoms with Crippen LogP contribution in [0.3, 0.4) is 0 Å². The van der Waals surface area contributed by atoms with Crippen molar-refractivity contribution in [3.05, 3.63) is 33.3 Å². The summed E-state index contributed by atoms with van der Waals surface area (Å²) in [7, 11) is 0. The average Bonchev–Trinajstić information content (AvgIpc) is 2.26. The Morgan fingerprint density at radius 3 is 2.40 bits per heavy atom. The van der Waals surface area contributed by atoms with Crippen molar-refractivity contribution in [2.24, 2.45) is 0 Å². The highest BCUT2D eigenvalue weighted by molar-refractivity contribution is 6.33. The number of alkyl halides is 3. The monoisotopic (exact) mass is 312 g/mol. The molecule has 0 saturated heterocycles. The largest absolute Gasteiger partial charge is 0.479 e. The summed E-state index contributed by atoms with van der Waals surface area (Å²) in [5.41, 5.74) is -4.85. The first kappa shape index (κ1) is 16.0. The molecule has 0 aromatic heterocycles. The predicted molar refractivity (Wildman–Crippen MR) is 63.8 cm³/mol. The van der Waals surface area contributed by atoms with Crippen molar-refractivity contribution in [1.82, 2.24) is 0 Å². The maximum atomic E-state index is 12.8. The number of anilines is 1. The number of nitrogens with zero attached hydrogens (tertiary/aromatic N) is 1. The number of carboxylic acids is 1. The van der Waals surface area contributed by atoms with Crippen LogP contribution in [-0.2, 0) is 4.79 Å². The Morgan fingerprint density at radius 1 is 1.45 bits per heavy atom. The Bertz CT molecular complexity index is 564. The minimum absolute atomic E-state index is 0.361. The highest BCUT2D eigenvalue weighted by Gasteiger charge is 2.58. The van der Waals surface area contributed by atoms with Crippen molar-refractivity contribution in [3.8, 4) is 0 Å². The van der Waals surface area contributed by atoms with E-state index in [1.807, 2.05) is 0 Å². The summed E-state index contributed by atoms with van der Waals surface area (Å²) < 4.78 is 38.5. The van der Waals surface area contributed by atoms with Crippen LogP contribution in [0.5, 0.6) is 0 Å². The minimum atomic E-state index is -5.17. The van der Waals surface area contributed by atoms with Crippen molar-refractivity contribution < 1.29 is 28.0 Å². The van der Waals surface area contributed by atoms with Crippen molar-refractivity contribution >= 4 is 28.9 Å². The summed E-state index contributed by atoms with van der Waals surface area (Å²) in [4.78, 5) is 20.7. The van der Waals surface area contributed by atoms with E-state index < -0.39 is 39.0 Å². The van der Waals surface area contributed by atoms with Gasteiger partial charge in [0.1, 0.15) is 10.7 Å². The van der Waals surface area contributed by atoms with Crippen LogP contribution in [0.2, 0.25) is 5.02 Å². The second kappa shape index (κ2) is 5.16. The van der Waals surface area contributed by atoms with Gasteiger partial charge in [-0.15, -0.1) is 0 Å². The highest BCUT2D eigenvalue weighted by Crippen LogP contribution is 2.38. The molecule has 1 unspecified atom stereocenters. The smallest absolute Gasteiger partial charge is 0.422 e. The maximum absolute atomic E-state index is 12.8. The van der Waals surface area contributed by atoms with Crippen LogP contribution in [-0.4, -0.2) is 27.7 Å². The van der Waals surface area contributed by atoms with Gasteiger partial charge in [0.05, 0.1) is 4.92 Å². The predicted octanol–water partition coefficient (Wildman–Crippen LogP) is 3.07. The van der Waals surface area contributed by atoms with E-state index in [1.165, 1.54) is 0 Å². The standard InChI is InChI=1S/C10H8ClF3N2O4/c1-9(8(17)18,10(12,13)14)15-6-4-2-3-5(11)7(6)16(19)20/h2-4,15H,1H3,(H,17,18). The fourth-order valence-electron chi connectivity index (χ4n) is 1.32. The van der Waals surface area contributed by atoms with E-state index in [2.05, 4.69) is 0 Å². The van der Waals surface area contributed by atoms with Crippen LogP contribution in [0.1, 0.15) is 6.92 Å². The van der Waals surface area contributed by atoms with Crippen LogP contribution in [0.15, 0.2) is 18.2 Å². The van der Waals surface area contributed by atoms with Gasteiger partial charge in [-0.1, -0.05) is 17.7 Å². The number of carbonyl (C=O) groups is 1. The highest BCUT2D eigenvalue weighted by atomic mass is 35.5. The third-order valence-corrected chi connectivity index (χ3v) is 2.85. The summed E-state index contributed by atoms with van der Waals surface area (Å²) in [6.07, 6.45) is -5.17. The fraction of sp³-hybridized carbons (Fsp3) is 0.300. The SMILES string of the molecule is CC(Nc1cccc(Cl)c1[N+](=O)[O-])(C(=O)O)C(F)(F)F. The van der Waals surface area contributed by atoms with Crippen molar-refractivity contribution in [1.29, 1.82) is 0 Å². The lowest BCUT2D eigenvalue weighted by Crippen LogP contribution is -2.55. The molecule has 1 rings (SSSR count). The van der Waals surface area contributed by atoms with Crippen molar-refractivity contribution in [3.63, 3.8) is 0 Å². The zero-order valence-electron chi connectivity index (χ0n) is 9.86. The normalized spacial score (nSPS) is 14.4. The molecule has 0 amide bonds. The lowest BCUT2D eigenvalue weighted by atomic mass is 10.0. The Hall–Kier alpha value is -2.03. The van der Waals surface area contributed by atoms with Gasteiger partial charge >= 0.3 is 17.8 Å². The Balaban J connectivity index is 3.38. The number of nitro groups is 1. The van der Waals surface area contributed by atoms with E-state index in [0.29, 0.717) is 6.92 Å². The zero-order chi connectivity index (χ0) is 15.7. The Labute approximate surface area is 115 Å². The van der Waals surface area contributed by atoms with Crippen LogP contribution in [0.4, 0.5) is 24.5 Å². The quantitative estimate of drug-likeness (QED) is 0.658. The van der Waals surface area contributed by atoms with E-state index in [9.17, 15) is 28.1 Å². The van der Waals surface area contributed by atoms with E-state index in [-0.39, 0.29) is 0 Å². The first-order valence-corrected chi connectivity index (χ1v) is 5.39. The molecule has 6 nitrogen and oxygen atoms in total. The van der Waals surface area contributed by atoms with Crippen LogP contribution in [0.25, 0.3) is 0 Å². The number of carboxylic acid groups (broad SMARTS) is 1. The molecule has 2 N–H and O–H groups in total. The molecule has 0 saturated carbocycles. The van der Waals surface area contributed by atoms with Gasteiger partial charge in [0.15, 0.2) is 0 Å².